The Morgan fingerprint density at radius 3 is 2.50 bits per heavy atom. The maximum Gasteiger partial charge on any atom is 1.00 e. The molecule has 0 unspecified atom stereocenters. The average Bonchev–Trinajstić information content (AvgIpc) is 2.14. The average molecular weight is 135 g/mol. The third-order valence-electron chi connectivity index (χ3n) is 1.42. The first-order valence-corrected chi connectivity index (χ1v) is 3.08. The fraction of sp³-hybridized carbons (Fsp3) is 0.833. The molecule has 1 rings (SSSR count). The van der Waals surface area contributed by atoms with Crippen molar-refractivity contribution in [1.82, 2.24) is 0 Å². The van der Waals surface area contributed by atoms with Gasteiger partial charge in [-0.25, -0.2) is 0 Å². The van der Waals surface area contributed by atoms with Gasteiger partial charge in [-0.1, -0.05) is 25.8 Å². The van der Waals surface area contributed by atoms with Gasteiger partial charge in [0.15, 0.2) is 0 Å². The van der Waals surface area contributed by atoms with Crippen LogP contribution in [-0.4, -0.2) is 18.7 Å². The fourth-order valence-corrected chi connectivity index (χ4v) is 0.708. The first-order chi connectivity index (χ1) is 4.20. The van der Waals surface area contributed by atoms with Crippen molar-refractivity contribution in [2.45, 2.75) is 19.9 Å². The summed E-state index contributed by atoms with van der Waals surface area (Å²) in [5.74, 6) is 0.413. The molecule has 1 atom stereocenters. The summed E-state index contributed by atoms with van der Waals surface area (Å²) in [7, 11) is 0. The van der Waals surface area contributed by atoms with Gasteiger partial charge >= 0.3 is 18.9 Å². The molecular weight excluding hydrogens is 125 g/mol. The summed E-state index contributed by atoms with van der Waals surface area (Å²) >= 11 is 0. The second-order valence-corrected chi connectivity index (χ2v) is 2.52. The van der Waals surface area contributed by atoms with Crippen LogP contribution < -0.4 is 18.9 Å². The molecule has 1 fully saturated rings. The molecule has 0 aromatic carbocycles. The Kier molecular flexibility index (Phi) is 3.85. The topological polar surface area (TPSA) is 40.4 Å². The number of rotatable bonds is 1. The van der Waals surface area contributed by atoms with Crippen LogP contribution >= 0.6 is 0 Å². The molecule has 4 heteroatoms. The predicted molar refractivity (Wildman–Crippen MR) is 33.3 cm³/mol. The van der Waals surface area contributed by atoms with E-state index in [9.17, 15) is 4.79 Å². The summed E-state index contributed by atoms with van der Waals surface area (Å²) in [6.07, 6.45) is -0.409. The van der Waals surface area contributed by atoms with Gasteiger partial charge in [0, 0.05) is 0 Å². The van der Waals surface area contributed by atoms with Crippen LogP contribution in [0.15, 0.2) is 0 Å². The largest absolute Gasteiger partial charge is 1.00 e. The number of cyclic esters (lactones) is 1. The van der Waals surface area contributed by atoms with Crippen LogP contribution in [0.25, 0.3) is 5.32 Å². The molecule has 0 saturated carbocycles. The molecule has 1 saturated heterocycles. The molecule has 10 heavy (non-hydrogen) atoms. The van der Waals surface area contributed by atoms with Gasteiger partial charge in [-0.2, -0.15) is 0 Å². The zero-order chi connectivity index (χ0) is 6.85. The molecule has 0 aromatic rings. The van der Waals surface area contributed by atoms with E-state index in [4.69, 9.17) is 0 Å². The van der Waals surface area contributed by atoms with Crippen molar-refractivity contribution < 1.29 is 28.4 Å². The van der Waals surface area contributed by atoms with Crippen LogP contribution in [0.5, 0.6) is 0 Å². The van der Waals surface area contributed by atoms with Crippen molar-refractivity contribution >= 4 is 6.09 Å². The minimum absolute atomic E-state index is 0. The second kappa shape index (κ2) is 3.90. The SMILES string of the molecule is CC(C)[C@@H]1COC(=O)[N-]1.[Li+]. The monoisotopic (exact) mass is 135 g/mol. The summed E-state index contributed by atoms with van der Waals surface area (Å²) in [6, 6.07) is 0.0949. The molecule has 0 aromatic heterocycles. The summed E-state index contributed by atoms with van der Waals surface area (Å²) < 4.78 is 4.62. The van der Waals surface area contributed by atoms with Crippen LogP contribution in [0.3, 0.4) is 0 Å². The maximum absolute atomic E-state index is 10.4. The van der Waals surface area contributed by atoms with Crippen molar-refractivity contribution in [3.05, 3.63) is 5.32 Å². The van der Waals surface area contributed by atoms with Crippen molar-refractivity contribution in [2.75, 3.05) is 6.61 Å². The Morgan fingerprint density at radius 1 is 1.70 bits per heavy atom. The van der Waals surface area contributed by atoms with Crippen LogP contribution in [0.2, 0.25) is 0 Å². The summed E-state index contributed by atoms with van der Waals surface area (Å²) in [6.45, 7) is 4.52. The molecule has 0 aliphatic carbocycles. The van der Waals surface area contributed by atoms with E-state index in [1.54, 1.807) is 0 Å². The molecule has 0 bridgehead atoms. The Balaban J connectivity index is 0.000000810. The van der Waals surface area contributed by atoms with Crippen LogP contribution in [0.4, 0.5) is 4.79 Å². The van der Waals surface area contributed by atoms with Crippen molar-refractivity contribution in [3.8, 4) is 0 Å². The summed E-state index contributed by atoms with van der Waals surface area (Å²) in [4.78, 5) is 10.4. The molecular formula is C6H10LiNO2. The maximum atomic E-state index is 10.4. The minimum atomic E-state index is -0.409. The van der Waals surface area contributed by atoms with Gasteiger partial charge in [0.05, 0.1) is 6.61 Å². The van der Waals surface area contributed by atoms with Gasteiger partial charge in [0.2, 0.25) is 6.09 Å². The van der Waals surface area contributed by atoms with E-state index < -0.39 is 6.09 Å². The van der Waals surface area contributed by atoms with Crippen LogP contribution in [-0.2, 0) is 4.74 Å². The number of carbonyl (C=O) groups excluding carboxylic acids is 1. The van der Waals surface area contributed by atoms with Crippen molar-refractivity contribution in [1.29, 1.82) is 0 Å². The smallest absolute Gasteiger partial charge is 0.612 e. The standard InChI is InChI=1S/C6H11NO2.Li/c1-4(2)5-3-9-6(8)7-5;/h4-5H,3H2,1-2H3,(H,7,8);/q;+1/p-1/t5-;/m0./s1. The number of carbonyl (C=O) groups is 1. The van der Waals surface area contributed by atoms with Gasteiger partial charge in [-0.3, -0.25) is 4.79 Å². The number of nitrogens with zero attached hydrogens (tertiary/aromatic N) is 1. The second-order valence-electron chi connectivity index (χ2n) is 2.52. The quantitative estimate of drug-likeness (QED) is 0.412. The van der Waals surface area contributed by atoms with Gasteiger partial charge in [0.1, 0.15) is 0 Å². The zero-order valence-electron chi connectivity index (χ0n) is 6.63. The number of ether oxygens (including phenoxy) is 1. The molecule has 0 N–H and O–H groups in total. The van der Waals surface area contributed by atoms with E-state index >= 15 is 0 Å². The molecule has 1 heterocycles. The molecule has 0 radical (unpaired) electrons. The summed E-state index contributed by atoms with van der Waals surface area (Å²) in [5.41, 5.74) is 0. The van der Waals surface area contributed by atoms with E-state index in [0.29, 0.717) is 12.5 Å². The molecule has 1 amide bonds. The third kappa shape index (κ3) is 2.24. The first kappa shape index (κ1) is 9.87. The van der Waals surface area contributed by atoms with Gasteiger partial charge < -0.3 is 10.1 Å². The molecule has 1 aliphatic heterocycles. The Morgan fingerprint density at radius 2 is 2.30 bits per heavy atom. The Bertz CT molecular complexity index is 127. The predicted octanol–water partition coefficient (Wildman–Crippen LogP) is -1.46. The fourth-order valence-electron chi connectivity index (χ4n) is 0.708. The van der Waals surface area contributed by atoms with E-state index in [1.165, 1.54) is 0 Å². The van der Waals surface area contributed by atoms with E-state index in [-0.39, 0.29) is 24.9 Å². The van der Waals surface area contributed by atoms with Gasteiger partial charge in [-0.05, 0) is 0 Å². The number of hydrogen-bond donors (Lipinski definition) is 0. The first-order valence-electron chi connectivity index (χ1n) is 3.08. The molecule has 1 aliphatic rings. The van der Waals surface area contributed by atoms with Gasteiger partial charge in [0.25, 0.3) is 0 Å². The Labute approximate surface area is 72.7 Å². The normalized spacial score (nSPS) is 23.5. The minimum Gasteiger partial charge on any atom is -0.612 e. The third-order valence-corrected chi connectivity index (χ3v) is 1.42. The summed E-state index contributed by atoms with van der Waals surface area (Å²) in [5, 5.41) is 3.73. The number of amides is 1. The van der Waals surface area contributed by atoms with Crippen molar-refractivity contribution in [3.63, 3.8) is 0 Å². The van der Waals surface area contributed by atoms with Crippen molar-refractivity contribution in [2.24, 2.45) is 5.92 Å². The zero-order valence-corrected chi connectivity index (χ0v) is 6.63. The van der Waals surface area contributed by atoms with Crippen LogP contribution in [0.1, 0.15) is 13.8 Å². The Hall–Kier alpha value is -0.133. The van der Waals surface area contributed by atoms with E-state index in [0.717, 1.165) is 0 Å². The number of hydrogen-bond acceptors (Lipinski definition) is 2. The van der Waals surface area contributed by atoms with Crippen LogP contribution in [0, 0.1) is 5.92 Å². The van der Waals surface area contributed by atoms with Gasteiger partial charge in [-0.15, -0.1) is 0 Å². The van der Waals surface area contributed by atoms with E-state index in [1.807, 2.05) is 13.8 Å². The molecule has 3 nitrogen and oxygen atoms in total. The van der Waals surface area contributed by atoms with E-state index in [2.05, 4.69) is 10.1 Å². The molecule has 0 spiro atoms. The molecule has 52 valence electrons.